The monoisotopic (exact) mass is 555 g/mol. The van der Waals surface area contributed by atoms with Gasteiger partial charge in [-0.05, 0) is 56.9 Å². The number of nitrogens with zero attached hydrogens (tertiary/aromatic N) is 3. The van der Waals surface area contributed by atoms with E-state index in [-0.39, 0.29) is 40.5 Å². The number of anilines is 1. The molecular weight excluding hydrogens is 516 g/mol. The Hall–Kier alpha value is -3.23. The van der Waals surface area contributed by atoms with Gasteiger partial charge < -0.3 is 19.5 Å². The van der Waals surface area contributed by atoms with Crippen LogP contribution in [0.4, 0.5) is 14.5 Å². The molecule has 2 atom stereocenters. The van der Waals surface area contributed by atoms with E-state index in [0.29, 0.717) is 26.1 Å². The SMILES string of the molecule is C=CCCCCCCCCC(=O)N1CCCC2CN(c3c(F)cc4c(=O)c(C(=O)O)cn(C5CC5)c4c3F)CC21. The molecule has 1 aromatic carbocycles. The first-order valence-electron chi connectivity index (χ1n) is 14.8. The van der Waals surface area contributed by atoms with Crippen molar-refractivity contribution in [3.05, 3.63) is 52.3 Å². The standard InChI is InChI=1S/C31H39F2N3O4/c1-2-3-4-5-6-7-8-9-12-26(37)35-15-10-11-20-17-34(19-25(20)35)29-24(32)16-22-28(27(29)33)36(21-13-14-21)18-23(30(22)38)31(39)40/h2,16,18,20-21,25H,1,3-15,17,19H2,(H,39,40). The first kappa shape index (κ1) is 28.3. The fourth-order valence-electron chi connectivity index (χ4n) is 6.60. The van der Waals surface area contributed by atoms with E-state index in [0.717, 1.165) is 63.9 Å². The maximum absolute atomic E-state index is 16.1. The molecule has 40 heavy (non-hydrogen) atoms. The predicted octanol–water partition coefficient (Wildman–Crippen LogP) is 6.05. The minimum Gasteiger partial charge on any atom is -0.477 e. The summed E-state index contributed by atoms with van der Waals surface area (Å²) in [5.41, 5.74) is -1.60. The topological polar surface area (TPSA) is 82.8 Å². The summed E-state index contributed by atoms with van der Waals surface area (Å²) in [4.78, 5) is 41.2. The smallest absolute Gasteiger partial charge is 0.341 e. The second-order valence-corrected chi connectivity index (χ2v) is 11.6. The summed E-state index contributed by atoms with van der Waals surface area (Å²) in [5, 5.41) is 9.23. The Bertz CT molecular complexity index is 1350. The number of halogens is 2. The zero-order valence-corrected chi connectivity index (χ0v) is 23.0. The highest BCUT2D eigenvalue weighted by atomic mass is 19.1. The Morgan fingerprint density at radius 2 is 1.77 bits per heavy atom. The average molecular weight is 556 g/mol. The maximum Gasteiger partial charge on any atom is 0.341 e. The Balaban J connectivity index is 1.32. The summed E-state index contributed by atoms with van der Waals surface area (Å²) in [6.07, 6.45) is 14.4. The number of carboxylic acids is 1. The molecule has 7 nitrogen and oxygen atoms in total. The van der Waals surface area contributed by atoms with Gasteiger partial charge in [0.15, 0.2) is 5.82 Å². The number of allylic oxidation sites excluding steroid dienone is 1. The Kier molecular flexibility index (Phi) is 8.57. The molecule has 1 saturated carbocycles. The molecule has 2 aliphatic heterocycles. The third kappa shape index (κ3) is 5.65. The first-order valence-corrected chi connectivity index (χ1v) is 14.8. The Morgan fingerprint density at radius 3 is 2.48 bits per heavy atom. The maximum atomic E-state index is 16.1. The number of carboxylic acid groups (broad SMARTS) is 1. The van der Waals surface area contributed by atoms with Crippen LogP contribution in [0.3, 0.4) is 0 Å². The van der Waals surface area contributed by atoms with Crippen molar-refractivity contribution in [1.82, 2.24) is 9.47 Å². The quantitative estimate of drug-likeness (QED) is 0.255. The molecule has 1 N–H and O–H groups in total. The number of benzene rings is 1. The number of likely N-dealkylation sites (tertiary alicyclic amines) is 1. The largest absolute Gasteiger partial charge is 0.477 e. The fourth-order valence-corrected chi connectivity index (χ4v) is 6.60. The molecule has 2 saturated heterocycles. The summed E-state index contributed by atoms with van der Waals surface area (Å²) in [6.45, 7) is 5.17. The third-order valence-corrected chi connectivity index (χ3v) is 8.82. The van der Waals surface area contributed by atoms with Gasteiger partial charge in [-0.3, -0.25) is 9.59 Å². The van der Waals surface area contributed by atoms with E-state index in [1.807, 2.05) is 11.0 Å². The molecule has 9 heteroatoms. The van der Waals surface area contributed by atoms with E-state index in [1.165, 1.54) is 23.6 Å². The molecule has 5 rings (SSSR count). The van der Waals surface area contributed by atoms with Gasteiger partial charge in [-0.1, -0.05) is 31.8 Å². The highest BCUT2D eigenvalue weighted by Gasteiger charge is 2.42. The molecule has 1 aromatic heterocycles. The van der Waals surface area contributed by atoms with Gasteiger partial charge in [0.25, 0.3) is 0 Å². The molecular formula is C31H39F2N3O4. The fraction of sp³-hybridized carbons (Fsp3) is 0.581. The van der Waals surface area contributed by atoms with Crippen molar-refractivity contribution in [2.45, 2.75) is 89.1 Å². The number of hydrogen-bond acceptors (Lipinski definition) is 4. The molecule has 2 unspecified atom stereocenters. The van der Waals surface area contributed by atoms with Crippen molar-refractivity contribution in [1.29, 1.82) is 0 Å². The Labute approximate surface area is 233 Å². The van der Waals surface area contributed by atoms with E-state index in [1.54, 1.807) is 4.90 Å². The molecule has 1 amide bonds. The minimum atomic E-state index is -1.41. The summed E-state index contributed by atoms with van der Waals surface area (Å²) in [7, 11) is 0. The van der Waals surface area contributed by atoms with Gasteiger partial charge in [0.1, 0.15) is 17.1 Å². The number of rotatable bonds is 12. The molecule has 0 bridgehead atoms. The number of fused-ring (bicyclic) bond motifs is 2. The van der Waals surface area contributed by atoms with Crippen molar-refractivity contribution < 1.29 is 23.5 Å². The molecule has 3 fully saturated rings. The normalized spacial score (nSPS) is 20.6. The van der Waals surface area contributed by atoms with Gasteiger partial charge in [-0.2, -0.15) is 0 Å². The number of piperidine rings is 1. The zero-order valence-electron chi connectivity index (χ0n) is 23.0. The number of aromatic carboxylic acids is 1. The zero-order chi connectivity index (χ0) is 28.4. The highest BCUT2D eigenvalue weighted by Crippen LogP contribution is 2.41. The van der Waals surface area contributed by atoms with Crippen LogP contribution in [0, 0.1) is 17.6 Å². The lowest BCUT2D eigenvalue weighted by atomic mass is 9.91. The average Bonchev–Trinajstić information content (AvgIpc) is 3.68. The van der Waals surface area contributed by atoms with Crippen molar-refractivity contribution >= 4 is 28.5 Å². The van der Waals surface area contributed by atoms with Gasteiger partial charge >= 0.3 is 5.97 Å². The Morgan fingerprint density at radius 1 is 1.05 bits per heavy atom. The number of aromatic nitrogens is 1. The summed E-state index contributed by atoms with van der Waals surface area (Å²) in [6, 6.07) is 0.772. The van der Waals surface area contributed by atoms with Crippen LogP contribution in [0.2, 0.25) is 0 Å². The number of pyridine rings is 1. The number of carbonyl (C=O) groups is 2. The van der Waals surface area contributed by atoms with Crippen LogP contribution < -0.4 is 10.3 Å². The van der Waals surface area contributed by atoms with E-state index in [4.69, 9.17) is 0 Å². The lowest BCUT2D eigenvalue weighted by Crippen LogP contribution is -2.48. The van der Waals surface area contributed by atoms with Gasteiger partial charge in [-0.25, -0.2) is 13.6 Å². The number of unbranched alkanes of at least 4 members (excludes halogenated alkanes) is 6. The van der Waals surface area contributed by atoms with E-state index >= 15 is 8.78 Å². The second-order valence-electron chi connectivity index (χ2n) is 11.6. The third-order valence-electron chi connectivity index (χ3n) is 8.82. The predicted molar refractivity (Wildman–Crippen MR) is 151 cm³/mol. The van der Waals surface area contributed by atoms with Gasteiger partial charge in [0.05, 0.1) is 16.9 Å². The van der Waals surface area contributed by atoms with Crippen molar-refractivity contribution in [3.8, 4) is 0 Å². The number of amides is 1. The number of carbonyl (C=O) groups excluding carboxylic acids is 1. The molecule has 1 aliphatic carbocycles. The van der Waals surface area contributed by atoms with Crippen molar-refractivity contribution in [2.24, 2.45) is 5.92 Å². The van der Waals surface area contributed by atoms with Crippen LogP contribution >= 0.6 is 0 Å². The van der Waals surface area contributed by atoms with E-state index in [2.05, 4.69) is 6.58 Å². The highest BCUT2D eigenvalue weighted by molar-refractivity contribution is 5.94. The first-order chi connectivity index (χ1) is 19.3. The molecule has 216 valence electrons. The number of hydrogen-bond donors (Lipinski definition) is 1. The van der Waals surface area contributed by atoms with Crippen LogP contribution in [-0.2, 0) is 4.79 Å². The molecule has 3 aliphatic rings. The van der Waals surface area contributed by atoms with Crippen LogP contribution in [0.5, 0.6) is 0 Å². The van der Waals surface area contributed by atoms with E-state index < -0.39 is 28.6 Å². The van der Waals surface area contributed by atoms with Crippen LogP contribution in [0.25, 0.3) is 10.9 Å². The summed E-state index contributed by atoms with van der Waals surface area (Å²) >= 11 is 0. The van der Waals surface area contributed by atoms with Crippen molar-refractivity contribution in [2.75, 3.05) is 24.5 Å². The summed E-state index contributed by atoms with van der Waals surface area (Å²) < 4.78 is 33.1. The van der Waals surface area contributed by atoms with E-state index in [9.17, 15) is 19.5 Å². The summed E-state index contributed by atoms with van der Waals surface area (Å²) in [5.74, 6) is -2.89. The van der Waals surface area contributed by atoms with Crippen LogP contribution in [0.15, 0.2) is 29.7 Å². The van der Waals surface area contributed by atoms with Crippen LogP contribution in [-0.4, -0.2) is 52.1 Å². The van der Waals surface area contributed by atoms with Gasteiger partial charge in [0.2, 0.25) is 11.3 Å². The van der Waals surface area contributed by atoms with Gasteiger partial charge in [0, 0.05) is 38.3 Å². The van der Waals surface area contributed by atoms with Crippen LogP contribution in [0.1, 0.15) is 93.4 Å². The second kappa shape index (κ2) is 12.1. The van der Waals surface area contributed by atoms with Crippen molar-refractivity contribution in [3.63, 3.8) is 0 Å². The molecule has 0 radical (unpaired) electrons. The van der Waals surface area contributed by atoms with Gasteiger partial charge in [-0.15, -0.1) is 6.58 Å². The minimum absolute atomic E-state index is 0.0406. The lowest BCUT2D eigenvalue weighted by Gasteiger charge is -2.37. The molecule has 0 spiro atoms. The lowest BCUT2D eigenvalue weighted by molar-refractivity contribution is -0.135. The molecule has 3 heterocycles. The molecule has 2 aromatic rings.